The lowest BCUT2D eigenvalue weighted by Crippen LogP contribution is -2.38. The van der Waals surface area contributed by atoms with Crippen molar-refractivity contribution in [2.45, 2.75) is 19.4 Å². The first-order valence-electron chi connectivity index (χ1n) is 12.5. The summed E-state index contributed by atoms with van der Waals surface area (Å²) < 4.78 is 18.8. The van der Waals surface area contributed by atoms with Gasteiger partial charge in [0.1, 0.15) is 35.0 Å². The molecule has 2 aromatic heterocycles. The molecule has 2 aliphatic rings. The number of carbonyl (C=O) groups is 1. The van der Waals surface area contributed by atoms with Crippen LogP contribution in [0.5, 0.6) is 5.75 Å². The number of hydrogen-bond acceptors (Lipinski definition) is 7. The average Bonchev–Trinajstić information content (AvgIpc) is 3.29. The van der Waals surface area contributed by atoms with Crippen LogP contribution in [0.4, 0.5) is 0 Å². The molecule has 0 unspecified atom stereocenters. The molecule has 0 atom stereocenters. The van der Waals surface area contributed by atoms with E-state index >= 15 is 0 Å². The minimum absolute atomic E-state index is 0.0827. The van der Waals surface area contributed by atoms with Crippen LogP contribution >= 0.6 is 0 Å². The van der Waals surface area contributed by atoms with Gasteiger partial charge < -0.3 is 29.0 Å². The van der Waals surface area contributed by atoms with Gasteiger partial charge in [-0.3, -0.25) is 9.69 Å². The number of amides is 1. The Morgan fingerprint density at radius 1 is 1.06 bits per heavy atom. The molecule has 190 valence electrons. The molecule has 2 N–H and O–H groups in total. The third kappa shape index (κ3) is 5.70. The number of aliphatic hydroxyl groups excluding tert-OH is 1. The number of aliphatic hydroxyl groups is 1. The minimum Gasteiger partial charge on any atom is -0.511 e. The topological polar surface area (TPSA) is 97.6 Å². The molecule has 1 saturated heterocycles. The Bertz CT molecular complexity index is 1210. The molecule has 1 aliphatic heterocycles. The van der Waals surface area contributed by atoms with Gasteiger partial charge >= 0.3 is 0 Å². The summed E-state index contributed by atoms with van der Waals surface area (Å²) in [7, 11) is 0. The highest BCUT2D eigenvalue weighted by atomic mass is 16.5. The third-order valence-corrected chi connectivity index (χ3v) is 6.51. The zero-order valence-electron chi connectivity index (χ0n) is 20.3. The Kier molecular flexibility index (Phi) is 7.80. The molecule has 9 nitrogen and oxygen atoms in total. The molecule has 0 bridgehead atoms. The maximum atomic E-state index is 13.0. The van der Waals surface area contributed by atoms with Crippen molar-refractivity contribution in [3.05, 3.63) is 71.4 Å². The largest absolute Gasteiger partial charge is 0.511 e. The number of rotatable bonds is 10. The summed E-state index contributed by atoms with van der Waals surface area (Å²) in [5.74, 6) is 0.509. The maximum Gasteiger partial charge on any atom is 0.257 e. The summed E-state index contributed by atoms with van der Waals surface area (Å²) in [6.07, 6.45) is 2.99. The van der Waals surface area contributed by atoms with Crippen molar-refractivity contribution >= 4 is 17.1 Å². The highest BCUT2D eigenvalue weighted by molar-refractivity contribution is 6.20. The number of imidazole rings is 1. The maximum absolute atomic E-state index is 13.0. The van der Waals surface area contributed by atoms with Crippen LogP contribution < -0.4 is 10.1 Å². The molecule has 0 spiro atoms. The van der Waals surface area contributed by atoms with Crippen LogP contribution in [-0.4, -0.2) is 78.0 Å². The number of pyridine rings is 1. The van der Waals surface area contributed by atoms with Crippen molar-refractivity contribution in [3.63, 3.8) is 0 Å². The van der Waals surface area contributed by atoms with Gasteiger partial charge in [-0.2, -0.15) is 0 Å². The fraction of sp³-hybridized carbons (Fsp3) is 0.407. The molecule has 3 heterocycles. The first-order chi connectivity index (χ1) is 17.7. The van der Waals surface area contributed by atoms with Gasteiger partial charge in [0.15, 0.2) is 0 Å². The van der Waals surface area contributed by atoms with Gasteiger partial charge in [0.2, 0.25) is 0 Å². The van der Waals surface area contributed by atoms with Gasteiger partial charge in [-0.15, -0.1) is 0 Å². The van der Waals surface area contributed by atoms with Crippen molar-refractivity contribution in [2.75, 3.05) is 52.7 Å². The molecule has 9 heteroatoms. The molecule has 1 amide bonds. The Morgan fingerprint density at radius 3 is 2.72 bits per heavy atom. The van der Waals surface area contributed by atoms with E-state index < -0.39 is 0 Å². The van der Waals surface area contributed by atoms with E-state index in [0.29, 0.717) is 44.9 Å². The monoisotopic (exact) mass is 492 g/mol. The van der Waals surface area contributed by atoms with Gasteiger partial charge in [-0.25, -0.2) is 4.98 Å². The molecule has 1 aromatic carbocycles. The molecule has 36 heavy (non-hydrogen) atoms. The van der Waals surface area contributed by atoms with E-state index in [0.717, 1.165) is 55.5 Å². The van der Waals surface area contributed by atoms with E-state index in [1.165, 1.54) is 0 Å². The van der Waals surface area contributed by atoms with Crippen LogP contribution in [0.25, 0.3) is 11.2 Å². The Balaban J connectivity index is 1.08. The SMILES string of the molecule is O=C(NCc1ccc(OCCOCCN2CCOCC2)cc1)C1=C(O)CCc2c1nc1ccccn21. The van der Waals surface area contributed by atoms with Gasteiger partial charge in [0.25, 0.3) is 5.91 Å². The lowest BCUT2D eigenvalue weighted by Gasteiger charge is -2.26. The summed E-state index contributed by atoms with van der Waals surface area (Å²) in [5, 5.41) is 13.4. The lowest BCUT2D eigenvalue weighted by molar-refractivity contribution is -0.115. The van der Waals surface area contributed by atoms with E-state index in [2.05, 4.69) is 15.2 Å². The fourth-order valence-corrected chi connectivity index (χ4v) is 4.54. The van der Waals surface area contributed by atoms with Gasteiger partial charge in [0.05, 0.1) is 32.1 Å². The number of nitrogens with zero attached hydrogens (tertiary/aromatic N) is 3. The number of morpholine rings is 1. The molecule has 1 fully saturated rings. The van der Waals surface area contributed by atoms with E-state index in [1.807, 2.05) is 53.1 Å². The van der Waals surface area contributed by atoms with Crippen LogP contribution in [0.1, 0.15) is 23.4 Å². The number of aromatic nitrogens is 2. The molecule has 0 saturated carbocycles. The van der Waals surface area contributed by atoms with Crippen LogP contribution in [0.2, 0.25) is 0 Å². The highest BCUT2D eigenvalue weighted by Gasteiger charge is 2.28. The van der Waals surface area contributed by atoms with Gasteiger partial charge in [0, 0.05) is 38.8 Å². The highest BCUT2D eigenvalue weighted by Crippen LogP contribution is 2.30. The molecule has 3 aromatic rings. The first-order valence-corrected chi connectivity index (χ1v) is 12.5. The van der Waals surface area contributed by atoms with Crippen molar-refractivity contribution in [1.82, 2.24) is 19.6 Å². The summed E-state index contributed by atoms with van der Waals surface area (Å²) >= 11 is 0. The molecule has 1 aliphatic carbocycles. The zero-order chi connectivity index (χ0) is 24.7. The van der Waals surface area contributed by atoms with Crippen LogP contribution in [-0.2, 0) is 27.2 Å². The van der Waals surface area contributed by atoms with Crippen molar-refractivity contribution < 1.29 is 24.1 Å². The second kappa shape index (κ2) is 11.6. The second-order valence-electron chi connectivity index (χ2n) is 8.90. The molecule has 5 rings (SSSR count). The van der Waals surface area contributed by atoms with Crippen LogP contribution in [0, 0.1) is 0 Å². The quantitative estimate of drug-likeness (QED) is 0.420. The Labute approximate surface area is 210 Å². The van der Waals surface area contributed by atoms with E-state index in [1.54, 1.807) is 0 Å². The van der Waals surface area contributed by atoms with E-state index in [9.17, 15) is 9.90 Å². The summed E-state index contributed by atoms with van der Waals surface area (Å²) in [6.45, 7) is 6.47. The summed E-state index contributed by atoms with van der Waals surface area (Å²) in [4.78, 5) is 19.9. The van der Waals surface area contributed by atoms with Crippen molar-refractivity contribution in [1.29, 1.82) is 0 Å². The third-order valence-electron chi connectivity index (χ3n) is 6.51. The number of allylic oxidation sites excluding steroid dienone is 1. The second-order valence-corrected chi connectivity index (χ2v) is 8.90. The number of nitrogens with one attached hydrogen (secondary N) is 1. The lowest BCUT2D eigenvalue weighted by atomic mass is 9.97. The summed E-state index contributed by atoms with van der Waals surface area (Å²) in [5.41, 5.74) is 3.45. The van der Waals surface area contributed by atoms with Crippen molar-refractivity contribution in [2.24, 2.45) is 0 Å². The normalized spacial score (nSPS) is 16.2. The summed E-state index contributed by atoms with van der Waals surface area (Å²) in [6, 6.07) is 13.3. The molecular weight excluding hydrogens is 460 g/mol. The van der Waals surface area contributed by atoms with Gasteiger partial charge in [-0.1, -0.05) is 18.2 Å². The van der Waals surface area contributed by atoms with Gasteiger partial charge in [-0.05, 0) is 36.2 Å². The fourth-order valence-electron chi connectivity index (χ4n) is 4.54. The predicted octanol–water partition coefficient (Wildman–Crippen LogP) is 2.59. The Morgan fingerprint density at radius 2 is 1.89 bits per heavy atom. The van der Waals surface area contributed by atoms with Crippen LogP contribution in [0.15, 0.2) is 54.4 Å². The van der Waals surface area contributed by atoms with Crippen molar-refractivity contribution in [3.8, 4) is 5.75 Å². The van der Waals surface area contributed by atoms with E-state index in [-0.39, 0.29) is 17.2 Å². The molecule has 0 radical (unpaired) electrons. The molecular formula is C27H32N4O5. The Hall–Kier alpha value is -3.40. The minimum atomic E-state index is -0.327. The number of benzene rings is 1. The predicted molar refractivity (Wildman–Crippen MR) is 135 cm³/mol. The average molecular weight is 493 g/mol. The number of ether oxygens (including phenoxy) is 3. The standard InChI is InChI=1S/C27H32N4O5/c32-23-9-8-22-26(29-24-3-1-2-10-31(22)24)25(23)27(33)28-19-20-4-6-21(7-5-20)36-18-17-35-16-13-30-11-14-34-15-12-30/h1-7,10,32H,8-9,11-19H2,(H,28,33). The zero-order valence-corrected chi connectivity index (χ0v) is 20.3. The van der Waals surface area contributed by atoms with Crippen LogP contribution in [0.3, 0.4) is 0 Å². The number of carbonyl (C=O) groups excluding carboxylic acids is 1. The van der Waals surface area contributed by atoms with E-state index in [4.69, 9.17) is 14.2 Å². The first kappa shape index (κ1) is 24.3. The smallest absolute Gasteiger partial charge is 0.257 e. The number of aryl methyl sites for hydroxylation is 1. The number of hydrogen-bond donors (Lipinski definition) is 2. The number of fused-ring (bicyclic) bond motifs is 3.